The van der Waals surface area contributed by atoms with Crippen molar-refractivity contribution in [1.82, 2.24) is 24.3 Å². The predicted molar refractivity (Wildman–Crippen MR) is 111 cm³/mol. The Balaban J connectivity index is 1.38. The van der Waals surface area contributed by atoms with Gasteiger partial charge in [-0.05, 0) is 59.7 Å². The first kappa shape index (κ1) is 19.6. The van der Waals surface area contributed by atoms with Gasteiger partial charge in [0.25, 0.3) is 5.89 Å². The number of aliphatic hydroxyl groups excluding tert-OH is 1. The molecular weight excluding hydrogens is 417 g/mol. The van der Waals surface area contributed by atoms with Crippen LogP contribution in [0.1, 0.15) is 11.7 Å². The van der Waals surface area contributed by atoms with Gasteiger partial charge in [-0.25, -0.2) is 18.3 Å². The smallest absolute Gasteiger partial charge is 0.350 e. The van der Waals surface area contributed by atoms with E-state index >= 15 is 0 Å². The number of pyridine rings is 1. The fourth-order valence-corrected chi connectivity index (χ4v) is 3.20. The third-order valence-electron chi connectivity index (χ3n) is 4.75. The Kier molecular flexibility index (Phi) is 4.96. The molecule has 0 aliphatic carbocycles. The van der Waals surface area contributed by atoms with E-state index in [2.05, 4.69) is 15.2 Å². The lowest BCUT2D eigenvalue weighted by Gasteiger charge is -2.07. The van der Waals surface area contributed by atoms with Crippen molar-refractivity contribution in [3.05, 3.63) is 94.9 Å². The van der Waals surface area contributed by atoms with Crippen molar-refractivity contribution in [2.24, 2.45) is 0 Å². The number of hydrogen-bond donors (Lipinski definition) is 1. The van der Waals surface area contributed by atoms with Crippen LogP contribution in [0.2, 0.25) is 0 Å². The van der Waals surface area contributed by atoms with E-state index in [9.17, 15) is 9.18 Å². The minimum atomic E-state index is -0.371. The summed E-state index contributed by atoms with van der Waals surface area (Å²) in [5.74, 6) is 1.14. The summed E-state index contributed by atoms with van der Waals surface area (Å²) in [7, 11) is 0. The first-order valence-electron chi connectivity index (χ1n) is 9.64. The minimum Gasteiger partial charge on any atom is -0.457 e. The van der Waals surface area contributed by atoms with Gasteiger partial charge in [-0.15, -0.1) is 5.10 Å². The molecule has 1 N–H and O–H groups in total. The number of aliphatic hydroxyl groups is 1. The maximum Gasteiger partial charge on any atom is 0.350 e. The van der Waals surface area contributed by atoms with Crippen molar-refractivity contribution in [3.8, 4) is 22.6 Å². The normalized spacial score (nSPS) is 11.2. The van der Waals surface area contributed by atoms with Gasteiger partial charge in [-0.3, -0.25) is 0 Å². The van der Waals surface area contributed by atoms with Gasteiger partial charge >= 0.3 is 5.69 Å². The zero-order valence-electron chi connectivity index (χ0n) is 16.6. The van der Waals surface area contributed by atoms with Crippen LogP contribution in [0.4, 0.5) is 4.39 Å². The van der Waals surface area contributed by atoms with Gasteiger partial charge in [0.05, 0.1) is 0 Å². The largest absolute Gasteiger partial charge is 0.457 e. The maximum atomic E-state index is 13.0. The fraction of sp³-hybridized carbons (Fsp3) is 0.0909. The summed E-state index contributed by atoms with van der Waals surface area (Å²) in [6, 6.07) is 16.7. The molecule has 0 radical (unpaired) electrons. The zero-order chi connectivity index (χ0) is 22.1. The standard InChI is InChI=1S/C22H16FN5O4/c23-16-4-8-18(9-5-16)31-17-6-1-14(2-7-17)15-3-10-20-25-28(22(30)27(20)11-15)12-19-24-21(13-29)32-26-19/h1-11,29H,12-13H2. The molecule has 10 heteroatoms. The number of ether oxygens (including phenoxy) is 1. The summed E-state index contributed by atoms with van der Waals surface area (Å²) in [4.78, 5) is 16.7. The third-order valence-corrected chi connectivity index (χ3v) is 4.75. The fourth-order valence-electron chi connectivity index (χ4n) is 3.20. The lowest BCUT2D eigenvalue weighted by molar-refractivity contribution is 0.222. The van der Waals surface area contributed by atoms with Crippen LogP contribution in [0, 0.1) is 5.82 Å². The van der Waals surface area contributed by atoms with E-state index in [-0.39, 0.29) is 36.4 Å². The second-order valence-corrected chi connectivity index (χ2v) is 6.93. The summed E-state index contributed by atoms with van der Waals surface area (Å²) in [5, 5.41) is 17.0. The van der Waals surface area contributed by atoms with E-state index in [1.165, 1.54) is 21.2 Å². The van der Waals surface area contributed by atoms with Crippen molar-refractivity contribution in [2.75, 3.05) is 0 Å². The molecule has 5 rings (SSSR count). The van der Waals surface area contributed by atoms with Crippen LogP contribution >= 0.6 is 0 Å². The Bertz CT molecular complexity index is 1440. The molecule has 0 atom stereocenters. The monoisotopic (exact) mass is 433 g/mol. The van der Waals surface area contributed by atoms with Crippen LogP contribution in [0.5, 0.6) is 11.5 Å². The molecule has 3 aromatic heterocycles. The summed E-state index contributed by atoms with van der Waals surface area (Å²) in [6.45, 7) is -0.348. The SMILES string of the molecule is O=c1n(Cc2noc(CO)n2)nc2ccc(-c3ccc(Oc4ccc(F)cc4)cc3)cn12. The minimum absolute atomic E-state index is 0.0226. The highest BCUT2D eigenvalue weighted by atomic mass is 19.1. The Morgan fingerprint density at radius 2 is 1.66 bits per heavy atom. The Morgan fingerprint density at radius 3 is 2.34 bits per heavy atom. The van der Waals surface area contributed by atoms with E-state index < -0.39 is 0 Å². The molecule has 2 aromatic carbocycles. The highest BCUT2D eigenvalue weighted by Gasteiger charge is 2.12. The highest BCUT2D eigenvalue weighted by Crippen LogP contribution is 2.26. The van der Waals surface area contributed by atoms with Gasteiger partial charge < -0.3 is 14.4 Å². The van der Waals surface area contributed by atoms with E-state index in [0.717, 1.165) is 11.1 Å². The summed E-state index contributed by atoms with van der Waals surface area (Å²) in [5.41, 5.74) is 1.81. The van der Waals surface area contributed by atoms with Gasteiger partial charge in [0.1, 0.15) is 30.5 Å². The van der Waals surface area contributed by atoms with Gasteiger partial charge in [0.15, 0.2) is 11.5 Å². The van der Waals surface area contributed by atoms with Crippen molar-refractivity contribution in [3.63, 3.8) is 0 Å². The number of nitrogens with zero attached hydrogens (tertiary/aromatic N) is 5. The third kappa shape index (κ3) is 3.86. The van der Waals surface area contributed by atoms with Crippen LogP contribution in [0.25, 0.3) is 16.8 Å². The molecule has 0 saturated carbocycles. The number of rotatable bonds is 6. The molecule has 0 spiro atoms. The molecular formula is C22H16FN5O4. The maximum absolute atomic E-state index is 13.0. The van der Waals surface area contributed by atoms with Gasteiger partial charge in [0, 0.05) is 6.20 Å². The molecule has 160 valence electrons. The number of fused-ring (bicyclic) bond motifs is 1. The van der Waals surface area contributed by atoms with E-state index in [1.54, 1.807) is 36.5 Å². The molecule has 3 heterocycles. The Hall–Kier alpha value is -4.31. The molecule has 0 unspecified atom stereocenters. The van der Waals surface area contributed by atoms with Crippen molar-refractivity contribution in [1.29, 1.82) is 0 Å². The quantitative estimate of drug-likeness (QED) is 0.439. The highest BCUT2D eigenvalue weighted by molar-refractivity contribution is 5.65. The van der Waals surface area contributed by atoms with Crippen molar-refractivity contribution >= 4 is 5.65 Å². The molecule has 0 aliphatic rings. The molecule has 0 saturated heterocycles. The van der Waals surface area contributed by atoms with E-state index in [0.29, 0.717) is 17.1 Å². The van der Waals surface area contributed by atoms with E-state index in [4.69, 9.17) is 14.4 Å². The number of aromatic nitrogens is 5. The van der Waals surface area contributed by atoms with E-state index in [1.807, 2.05) is 18.2 Å². The summed E-state index contributed by atoms with van der Waals surface area (Å²) in [6.07, 6.45) is 1.70. The second-order valence-electron chi connectivity index (χ2n) is 6.93. The van der Waals surface area contributed by atoms with Gasteiger partial charge in [-0.2, -0.15) is 4.98 Å². The number of benzene rings is 2. The first-order valence-corrected chi connectivity index (χ1v) is 9.64. The molecule has 9 nitrogen and oxygen atoms in total. The van der Waals surface area contributed by atoms with Crippen LogP contribution in [0.3, 0.4) is 0 Å². The molecule has 5 aromatic rings. The Morgan fingerprint density at radius 1 is 0.969 bits per heavy atom. The molecule has 0 bridgehead atoms. The lowest BCUT2D eigenvalue weighted by atomic mass is 10.1. The van der Waals surface area contributed by atoms with Gasteiger partial charge in [0.2, 0.25) is 0 Å². The summed E-state index contributed by atoms with van der Waals surface area (Å²) >= 11 is 0. The Labute approximate surface area is 179 Å². The lowest BCUT2D eigenvalue weighted by Crippen LogP contribution is -2.22. The van der Waals surface area contributed by atoms with Crippen LogP contribution in [-0.2, 0) is 13.2 Å². The first-order chi connectivity index (χ1) is 15.6. The molecule has 0 aliphatic heterocycles. The van der Waals surface area contributed by atoms with Crippen LogP contribution in [-0.4, -0.2) is 29.4 Å². The molecule has 32 heavy (non-hydrogen) atoms. The topological polar surface area (TPSA) is 108 Å². The number of hydrogen-bond acceptors (Lipinski definition) is 7. The molecule has 0 amide bonds. The average Bonchev–Trinajstić information content (AvgIpc) is 3.40. The van der Waals surface area contributed by atoms with Crippen LogP contribution in [0.15, 0.2) is 76.2 Å². The predicted octanol–water partition coefficient (Wildman–Crippen LogP) is 3.02. The molecule has 0 fully saturated rings. The summed E-state index contributed by atoms with van der Waals surface area (Å²) < 4.78 is 26.2. The van der Waals surface area contributed by atoms with Crippen LogP contribution < -0.4 is 10.4 Å². The van der Waals surface area contributed by atoms with Crippen molar-refractivity contribution in [2.45, 2.75) is 13.2 Å². The zero-order valence-corrected chi connectivity index (χ0v) is 16.6. The number of halogens is 1. The average molecular weight is 433 g/mol. The van der Waals surface area contributed by atoms with Crippen molar-refractivity contribution < 1.29 is 18.8 Å². The van der Waals surface area contributed by atoms with Gasteiger partial charge in [-0.1, -0.05) is 17.3 Å². The second kappa shape index (κ2) is 8.08.